The summed E-state index contributed by atoms with van der Waals surface area (Å²) in [6.45, 7) is 0. The van der Waals surface area contributed by atoms with Crippen molar-refractivity contribution in [2.24, 2.45) is 0 Å². The molecule has 0 aliphatic heterocycles. The Kier molecular flexibility index (Phi) is 5.88. The lowest BCUT2D eigenvalue weighted by Gasteiger charge is -1.94. The minimum atomic E-state index is 1.07. The molecule has 160 valence electrons. The van der Waals surface area contributed by atoms with E-state index >= 15 is 0 Å². The largest absolute Gasteiger partial charge is 0.144 e. The molecule has 0 aliphatic carbocycles. The zero-order valence-electron chi connectivity index (χ0n) is 17.2. The number of hydrogen-bond donors (Lipinski definition) is 0. The zero-order valence-corrected chi connectivity index (χ0v) is 21.3. The van der Waals surface area contributed by atoms with E-state index in [4.69, 9.17) is 0 Å². The summed E-state index contributed by atoms with van der Waals surface area (Å²) in [7, 11) is 0. The van der Waals surface area contributed by atoms with E-state index in [1.165, 1.54) is 56.6 Å². The first kappa shape index (κ1) is 20.9. The molecule has 0 atom stereocenters. The molecule has 0 saturated heterocycles. The van der Waals surface area contributed by atoms with Gasteiger partial charge in [-0.1, -0.05) is 40.9 Å². The molecule has 0 spiro atoms. The molecule has 3 aromatic carbocycles. The van der Waals surface area contributed by atoms with Crippen LogP contribution in [0.25, 0.3) is 50.6 Å². The average molecular weight is 517 g/mol. The molecule has 33 heavy (non-hydrogen) atoms. The Labute approximate surface area is 210 Å². The Hall–Kier alpha value is -2.68. The first-order valence-corrected chi connectivity index (χ1v) is 14.5. The molecule has 5 aromatic heterocycles. The molecule has 0 N–H and O–H groups in total. The van der Waals surface area contributed by atoms with E-state index in [2.05, 4.69) is 104 Å². The second kappa shape index (κ2) is 9.29. The van der Waals surface area contributed by atoms with Crippen molar-refractivity contribution in [3.8, 4) is 0 Å². The maximum absolute atomic E-state index is 4.23. The molecule has 5 heterocycles. The normalized spacial score (nSPS) is 11.0. The number of hydrogen-bond acceptors (Lipinski definition) is 7. The van der Waals surface area contributed by atoms with Crippen LogP contribution in [0.4, 0.5) is 0 Å². The van der Waals surface area contributed by atoms with E-state index in [0.717, 1.165) is 5.52 Å². The number of nitrogens with zero attached hydrogens (tertiary/aromatic N) is 2. The van der Waals surface area contributed by atoms with Gasteiger partial charge in [0.15, 0.2) is 0 Å². The molecular weight excluding hydrogens is 501 g/mol. The third-order valence-electron chi connectivity index (χ3n) is 5.25. The summed E-state index contributed by atoms with van der Waals surface area (Å²) in [6.07, 6.45) is 0. The van der Waals surface area contributed by atoms with E-state index in [-0.39, 0.29) is 0 Å². The van der Waals surface area contributed by atoms with Crippen molar-refractivity contribution in [1.29, 1.82) is 0 Å². The molecule has 2 nitrogen and oxygen atoms in total. The standard InChI is InChI=1S/C10H4N2S3.2C8H6S/c1-4-14-9-5(1)8-6(2-3-13-8)10-7(9)11-12-15-10;2*1-2-4-8-7(3-1)5-6-9-8/h1-4H;2*1-6H. The number of rotatable bonds is 0. The first-order chi connectivity index (χ1) is 16.4. The van der Waals surface area contributed by atoms with Crippen molar-refractivity contribution in [3.63, 3.8) is 0 Å². The predicted molar refractivity (Wildman–Crippen MR) is 152 cm³/mol. The highest BCUT2D eigenvalue weighted by Crippen LogP contribution is 2.40. The SMILES string of the molecule is c1cc2c(s1)c1ccsc1c1nnsc21.c1ccc2sccc2c1.c1ccc2sccc2c1. The lowest BCUT2D eigenvalue weighted by Crippen LogP contribution is -1.70. The van der Waals surface area contributed by atoms with Crippen molar-refractivity contribution < 1.29 is 0 Å². The Morgan fingerprint density at radius 2 is 1.03 bits per heavy atom. The van der Waals surface area contributed by atoms with Gasteiger partial charge in [0.05, 0.1) is 9.40 Å². The lowest BCUT2D eigenvalue weighted by molar-refractivity contribution is 1.21. The Bertz CT molecular complexity index is 1480. The molecular formula is C26H16N2S5. The van der Waals surface area contributed by atoms with E-state index in [1.807, 2.05) is 0 Å². The molecule has 8 aromatic rings. The first-order valence-electron chi connectivity index (χ1n) is 10.2. The Morgan fingerprint density at radius 1 is 0.485 bits per heavy atom. The lowest BCUT2D eigenvalue weighted by atomic mass is 10.2. The topological polar surface area (TPSA) is 25.8 Å². The molecule has 0 unspecified atom stereocenters. The van der Waals surface area contributed by atoms with Crippen molar-refractivity contribution in [3.05, 3.63) is 94.3 Å². The van der Waals surface area contributed by atoms with Gasteiger partial charge >= 0.3 is 0 Å². The summed E-state index contributed by atoms with van der Waals surface area (Å²) < 4.78 is 10.7. The van der Waals surface area contributed by atoms with Crippen LogP contribution in [0.2, 0.25) is 0 Å². The fraction of sp³-hybridized carbons (Fsp3) is 0. The van der Waals surface area contributed by atoms with Crippen LogP contribution in [0.5, 0.6) is 0 Å². The van der Waals surface area contributed by atoms with Gasteiger partial charge in [-0.05, 0) is 80.2 Å². The summed E-state index contributed by atoms with van der Waals surface area (Å²) in [6, 6.07) is 25.4. The van der Waals surface area contributed by atoms with Gasteiger partial charge < -0.3 is 0 Å². The van der Waals surface area contributed by atoms with Crippen LogP contribution >= 0.6 is 56.9 Å². The van der Waals surface area contributed by atoms with Gasteiger partial charge in [0, 0.05) is 24.9 Å². The summed E-state index contributed by atoms with van der Waals surface area (Å²) in [5, 5.41) is 18.1. The zero-order chi connectivity index (χ0) is 22.0. The monoisotopic (exact) mass is 516 g/mol. The Morgan fingerprint density at radius 3 is 1.67 bits per heavy atom. The van der Waals surface area contributed by atoms with Gasteiger partial charge in [-0.3, -0.25) is 0 Å². The van der Waals surface area contributed by atoms with Crippen molar-refractivity contribution in [1.82, 2.24) is 9.59 Å². The van der Waals surface area contributed by atoms with Crippen LogP contribution in [0.1, 0.15) is 0 Å². The van der Waals surface area contributed by atoms with Crippen LogP contribution < -0.4 is 0 Å². The molecule has 0 amide bonds. The number of benzene rings is 3. The second-order valence-corrected chi connectivity index (χ2v) is 11.7. The second-order valence-electron chi connectivity index (χ2n) is 7.19. The maximum Gasteiger partial charge on any atom is 0.124 e. The Balaban J connectivity index is 0.0000000995. The van der Waals surface area contributed by atoms with Gasteiger partial charge in [0.25, 0.3) is 0 Å². The average Bonchev–Trinajstić information content (AvgIpc) is 3.68. The van der Waals surface area contributed by atoms with Gasteiger partial charge in [-0.2, -0.15) is 0 Å². The molecule has 0 fully saturated rings. The van der Waals surface area contributed by atoms with Crippen LogP contribution in [-0.4, -0.2) is 9.59 Å². The molecule has 0 bridgehead atoms. The van der Waals surface area contributed by atoms with Crippen LogP contribution in [-0.2, 0) is 0 Å². The summed E-state index contributed by atoms with van der Waals surface area (Å²) in [5.74, 6) is 0. The van der Waals surface area contributed by atoms with E-state index in [1.54, 1.807) is 45.3 Å². The molecule has 0 radical (unpaired) electrons. The van der Waals surface area contributed by atoms with Gasteiger partial charge in [-0.15, -0.1) is 50.4 Å². The highest BCUT2D eigenvalue weighted by molar-refractivity contribution is 7.24. The van der Waals surface area contributed by atoms with Crippen LogP contribution in [0.15, 0.2) is 94.3 Å². The quantitative estimate of drug-likeness (QED) is 0.200. The minimum absolute atomic E-state index is 1.07. The third-order valence-corrected chi connectivity index (χ3v) is 9.67. The number of aromatic nitrogens is 2. The predicted octanol–water partition coefficient (Wildman–Crippen LogP) is 9.92. The maximum atomic E-state index is 4.23. The summed E-state index contributed by atoms with van der Waals surface area (Å²) in [5.41, 5.74) is 1.07. The van der Waals surface area contributed by atoms with Crippen molar-refractivity contribution in [2.75, 3.05) is 0 Å². The minimum Gasteiger partial charge on any atom is -0.144 e. The van der Waals surface area contributed by atoms with Crippen LogP contribution in [0.3, 0.4) is 0 Å². The van der Waals surface area contributed by atoms with Gasteiger partial charge in [0.2, 0.25) is 0 Å². The molecule has 0 saturated carbocycles. The van der Waals surface area contributed by atoms with E-state index in [9.17, 15) is 0 Å². The highest BCUT2D eigenvalue weighted by Gasteiger charge is 2.12. The van der Waals surface area contributed by atoms with E-state index < -0.39 is 0 Å². The van der Waals surface area contributed by atoms with Crippen molar-refractivity contribution >= 4 is 107 Å². The third kappa shape index (κ3) is 4.07. The molecule has 7 heteroatoms. The number of fused-ring (bicyclic) bond motifs is 8. The molecule has 8 rings (SSSR count). The fourth-order valence-corrected chi connectivity index (χ4v) is 8.00. The summed E-state index contributed by atoms with van der Waals surface area (Å²) in [4.78, 5) is 0. The van der Waals surface area contributed by atoms with E-state index in [0.29, 0.717) is 0 Å². The molecule has 0 aliphatic rings. The smallest absolute Gasteiger partial charge is 0.124 e. The highest BCUT2D eigenvalue weighted by atomic mass is 32.1. The van der Waals surface area contributed by atoms with Crippen LogP contribution in [0, 0.1) is 0 Å². The van der Waals surface area contributed by atoms with Gasteiger partial charge in [0.1, 0.15) is 5.52 Å². The fourth-order valence-electron chi connectivity index (χ4n) is 3.70. The summed E-state index contributed by atoms with van der Waals surface area (Å²) >= 11 is 8.61. The van der Waals surface area contributed by atoms with Gasteiger partial charge in [-0.25, -0.2) is 0 Å². The number of thiophene rings is 4. The van der Waals surface area contributed by atoms with Crippen molar-refractivity contribution in [2.45, 2.75) is 0 Å².